The summed E-state index contributed by atoms with van der Waals surface area (Å²) in [6.45, 7) is 4.67. The fraction of sp³-hybridized carbons (Fsp3) is 0.792. The van der Waals surface area contributed by atoms with Crippen LogP contribution in [0.15, 0.2) is 72.9 Å². The summed E-state index contributed by atoms with van der Waals surface area (Å²) in [5.74, 6) is -2.30. The molecule has 0 aliphatic rings. The average molecular weight is 1400 g/mol. The molecule has 0 heterocycles. The molecule has 0 aromatic carbocycles. The number of carbonyl (C=O) groups is 4. The number of hydrogen-bond acceptors (Lipinski definition) is 15. The van der Waals surface area contributed by atoms with Crippen molar-refractivity contribution in [1.82, 2.24) is 0 Å². The van der Waals surface area contributed by atoms with E-state index in [1.165, 1.54) is 141 Å². The lowest BCUT2D eigenvalue weighted by Gasteiger charge is -2.21. The molecule has 0 amide bonds. The van der Waals surface area contributed by atoms with E-state index in [9.17, 15) is 43.2 Å². The number of hydrogen-bond donors (Lipinski definition) is 3. The molecule has 0 saturated carbocycles. The minimum atomic E-state index is -4.98. The lowest BCUT2D eigenvalue weighted by Crippen LogP contribution is -2.30. The third-order valence-electron chi connectivity index (χ3n) is 16.2. The molecule has 0 fully saturated rings. The van der Waals surface area contributed by atoms with E-state index < -0.39 is 97.5 Å². The van der Waals surface area contributed by atoms with Crippen molar-refractivity contribution in [3.8, 4) is 0 Å². The second kappa shape index (κ2) is 70.0. The molecule has 5 atom stereocenters. The van der Waals surface area contributed by atoms with Crippen LogP contribution in [0.1, 0.15) is 336 Å². The molecular formula is C77H138O17P2. The van der Waals surface area contributed by atoms with Crippen LogP contribution in [0.3, 0.4) is 0 Å². The van der Waals surface area contributed by atoms with Crippen molar-refractivity contribution >= 4 is 39.5 Å². The molecule has 0 saturated heterocycles. The Balaban J connectivity index is 5.36. The molecule has 0 spiro atoms. The maximum atomic E-state index is 13.1. The maximum Gasteiger partial charge on any atom is 0.472 e. The van der Waals surface area contributed by atoms with E-state index in [-0.39, 0.29) is 25.7 Å². The van der Waals surface area contributed by atoms with E-state index in [2.05, 4.69) is 76.3 Å². The van der Waals surface area contributed by atoms with Gasteiger partial charge in [-0.3, -0.25) is 37.3 Å². The van der Waals surface area contributed by atoms with Crippen LogP contribution in [0, 0.1) is 0 Å². The second-order valence-electron chi connectivity index (χ2n) is 25.6. The van der Waals surface area contributed by atoms with Gasteiger partial charge in [0.1, 0.15) is 19.3 Å². The van der Waals surface area contributed by atoms with Crippen molar-refractivity contribution in [1.29, 1.82) is 0 Å². The molecule has 0 bridgehead atoms. The van der Waals surface area contributed by atoms with E-state index in [0.717, 1.165) is 116 Å². The molecule has 0 aliphatic heterocycles. The topological polar surface area (TPSA) is 237 Å². The molecule has 0 rings (SSSR count). The van der Waals surface area contributed by atoms with Crippen LogP contribution in [-0.2, 0) is 65.4 Å². The van der Waals surface area contributed by atoms with E-state index >= 15 is 0 Å². The molecular weight excluding hydrogens is 1260 g/mol. The number of phosphoric ester groups is 2. The van der Waals surface area contributed by atoms with Crippen molar-refractivity contribution in [2.24, 2.45) is 0 Å². The van der Waals surface area contributed by atoms with Gasteiger partial charge in [0.15, 0.2) is 12.2 Å². The molecule has 0 aromatic heterocycles. The SMILES string of the molecule is CC/C=C\C/C=C\C/C=C\C/C=C\C/C=C\CC(=O)OCC(COP(=O)(O)OCC(O)COP(=O)(O)OCC(COC(=O)CCCCCCC/C=C\CCCCCCCC)OC(=O)CCCCCCCCCCCCCCCCC)OC(=O)CCCCCCCCCCCCC. The minimum Gasteiger partial charge on any atom is -0.462 e. The zero-order chi connectivity index (χ0) is 70.4. The first-order chi connectivity index (χ1) is 46.7. The number of esters is 4. The van der Waals surface area contributed by atoms with E-state index in [1.54, 1.807) is 6.08 Å². The van der Waals surface area contributed by atoms with Crippen molar-refractivity contribution in [2.45, 2.75) is 354 Å². The lowest BCUT2D eigenvalue weighted by molar-refractivity contribution is -0.161. The first kappa shape index (κ1) is 92.5. The van der Waals surface area contributed by atoms with Crippen molar-refractivity contribution in [3.63, 3.8) is 0 Å². The van der Waals surface area contributed by atoms with Crippen molar-refractivity contribution < 1.29 is 80.2 Å². The van der Waals surface area contributed by atoms with Gasteiger partial charge in [0.2, 0.25) is 0 Å². The number of carbonyl (C=O) groups excluding carboxylic acids is 4. The van der Waals surface area contributed by atoms with Gasteiger partial charge in [0.25, 0.3) is 0 Å². The maximum absolute atomic E-state index is 13.1. The normalized spacial score (nSPS) is 14.4. The van der Waals surface area contributed by atoms with Crippen molar-refractivity contribution in [3.05, 3.63) is 72.9 Å². The summed E-state index contributed by atoms with van der Waals surface area (Å²) in [7, 11) is -9.96. The third kappa shape index (κ3) is 69.0. The summed E-state index contributed by atoms with van der Waals surface area (Å²) in [6.07, 6.45) is 69.3. The quantitative estimate of drug-likeness (QED) is 0.0169. The molecule has 558 valence electrons. The minimum absolute atomic E-state index is 0.0668. The van der Waals surface area contributed by atoms with Crippen LogP contribution in [0.5, 0.6) is 0 Å². The van der Waals surface area contributed by atoms with E-state index in [4.69, 9.17) is 37.0 Å². The van der Waals surface area contributed by atoms with Gasteiger partial charge in [-0.25, -0.2) is 9.13 Å². The molecule has 96 heavy (non-hydrogen) atoms. The predicted octanol–water partition coefficient (Wildman–Crippen LogP) is 21.7. The zero-order valence-electron chi connectivity index (χ0n) is 60.8. The fourth-order valence-electron chi connectivity index (χ4n) is 10.4. The van der Waals surface area contributed by atoms with Gasteiger partial charge >= 0.3 is 39.5 Å². The Kier molecular flexibility index (Phi) is 67.4. The molecule has 0 aliphatic carbocycles. The monoisotopic (exact) mass is 1400 g/mol. The Morgan fingerprint density at radius 2 is 0.583 bits per heavy atom. The van der Waals surface area contributed by atoms with Gasteiger partial charge in [-0.1, -0.05) is 306 Å². The molecule has 0 radical (unpaired) electrons. The number of aliphatic hydroxyl groups excluding tert-OH is 1. The highest BCUT2D eigenvalue weighted by molar-refractivity contribution is 7.47. The summed E-state index contributed by atoms with van der Waals surface area (Å²) in [5, 5.41) is 10.6. The fourth-order valence-corrected chi connectivity index (χ4v) is 12.0. The lowest BCUT2D eigenvalue weighted by atomic mass is 10.0. The van der Waals surface area contributed by atoms with Crippen LogP contribution in [-0.4, -0.2) is 96.7 Å². The van der Waals surface area contributed by atoms with Gasteiger partial charge in [-0.05, 0) is 77.0 Å². The summed E-state index contributed by atoms with van der Waals surface area (Å²) in [5.41, 5.74) is 0. The highest BCUT2D eigenvalue weighted by Crippen LogP contribution is 2.45. The predicted molar refractivity (Wildman–Crippen MR) is 390 cm³/mol. The first-order valence-corrected chi connectivity index (χ1v) is 41.2. The molecule has 19 heteroatoms. The highest BCUT2D eigenvalue weighted by Gasteiger charge is 2.30. The number of ether oxygens (including phenoxy) is 4. The zero-order valence-corrected chi connectivity index (χ0v) is 62.6. The van der Waals surface area contributed by atoms with Gasteiger partial charge in [0, 0.05) is 19.3 Å². The standard InChI is InChI=1S/C77H138O17P2/c1-5-9-13-17-21-25-29-32-35-38-42-45-49-53-57-61-74(79)87-67-72(93-76(81)63-59-55-51-47-41-28-24-20-16-12-8-4)69-91-95(83,84)89-65-71(78)66-90-96(85,86)92-70-73(94-77(82)64-60-56-52-48-44-40-37-34-31-27-23-19-15-11-7-3)68-88-75(80)62-58-54-50-46-43-39-36-33-30-26-22-18-14-10-6-2/h9,13,21,25,32-33,35-36,42,45,53,57,71-73,78H,5-8,10-12,14-20,22-24,26-31,34,37-41,43-44,46-52,54-56,58-70H2,1-4H3,(H,83,84)(H,85,86)/b13-9-,25-21-,35-32-,36-33-,45-42-,57-53-. The Morgan fingerprint density at radius 1 is 0.312 bits per heavy atom. The smallest absolute Gasteiger partial charge is 0.462 e. The second-order valence-corrected chi connectivity index (χ2v) is 28.5. The van der Waals surface area contributed by atoms with Crippen LogP contribution >= 0.6 is 15.6 Å². The number of aliphatic hydroxyl groups is 1. The largest absolute Gasteiger partial charge is 0.472 e. The third-order valence-corrected chi connectivity index (χ3v) is 18.1. The van der Waals surface area contributed by atoms with E-state index in [0.29, 0.717) is 25.7 Å². The first-order valence-electron chi connectivity index (χ1n) is 38.2. The summed E-state index contributed by atoms with van der Waals surface area (Å²) in [6, 6.07) is 0. The Morgan fingerprint density at radius 3 is 0.917 bits per heavy atom. The van der Waals surface area contributed by atoms with Crippen LogP contribution < -0.4 is 0 Å². The number of rotatable bonds is 72. The molecule has 3 N–H and O–H groups in total. The summed E-state index contributed by atoms with van der Waals surface area (Å²) >= 11 is 0. The molecule has 5 unspecified atom stereocenters. The Hall–Kier alpha value is -3.50. The van der Waals surface area contributed by atoms with Crippen molar-refractivity contribution in [2.75, 3.05) is 39.6 Å². The number of allylic oxidation sites excluding steroid dienone is 11. The average Bonchev–Trinajstić information content (AvgIpc) is 1.11. The van der Waals surface area contributed by atoms with Gasteiger partial charge in [-0.2, -0.15) is 0 Å². The van der Waals surface area contributed by atoms with Crippen LogP contribution in [0.2, 0.25) is 0 Å². The van der Waals surface area contributed by atoms with E-state index in [1.807, 2.05) is 18.2 Å². The van der Waals surface area contributed by atoms with Crippen LogP contribution in [0.25, 0.3) is 0 Å². The Bertz CT molecular complexity index is 2110. The molecule has 17 nitrogen and oxygen atoms in total. The Labute approximate surface area is 583 Å². The summed E-state index contributed by atoms with van der Waals surface area (Å²) < 4.78 is 68.3. The number of unbranched alkanes of at least 4 members (excludes halogenated alkanes) is 35. The summed E-state index contributed by atoms with van der Waals surface area (Å²) in [4.78, 5) is 72.7. The van der Waals surface area contributed by atoms with Gasteiger partial charge < -0.3 is 33.8 Å². The highest BCUT2D eigenvalue weighted by atomic mass is 31.2. The van der Waals surface area contributed by atoms with Gasteiger partial charge in [0.05, 0.1) is 32.8 Å². The van der Waals surface area contributed by atoms with Gasteiger partial charge in [-0.15, -0.1) is 0 Å². The number of phosphoric acid groups is 2. The molecule has 0 aromatic rings. The van der Waals surface area contributed by atoms with Crippen LogP contribution in [0.4, 0.5) is 0 Å².